The number of rotatable bonds is 5. The lowest BCUT2D eigenvalue weighted by molar-refractivity contribution is 0.239. The highest BCUT2D eigenvalue weighted by Crippen LogP contribution is 2.25. The third kappa shape index (κ3) is 3.33. The van der Waals surface area contributed by atoms with Crippen LogP contribution in [0.5, 0.6) is 5.75 Å². The van der Waals surface area contributed by atoms with Crippen molar-refractivity contribution in [3.8, 4) is 5.75 Å². The molecule has 0 radical (unpaired) electrons. The molecule has 2 N–H and O–H groups in total. The van der Waals surface area contributed by atoms with Gasteiger partial charge in [-0.25, -0.2) is 4.39 Å². The average Bonchev–Trinajstić information content (AvgIpc) is 2.85. The van der Waals surface area contributed by atoms with E-state index in [0.717, 1.165) is 5.56 Å². The number of benzene rings is 1. The third-order valence-electron chi connectivity index (χ3n) is 2.82. The first kappa shape index (κ1) is 14.5. The molecule has 0 saturated heterocycles. The largest absolute Gasteiger partial charge is 0.483 e. The number of hydrogen-bond donors (Lipinski definition) is 1. The Morgan fingerprint density at radius 3 is 2.70 bits per heavy atom. The topological polar surface area (TPSA) is 74.2 Å². The average molecular weight is 279 g/mol. The maximum absolute atomic E-state index is 13.3. The van der Waals surface area contributed by atoms with Crippen molar-refractivity contribution in [3.05, 3.63) is 41.3 Å². The summed E-state index contributed by atoms with van der Waals surface area (Å²) in [6.07, 6.45) is 0. The van der Waals surface area contributed by atoms with Crippen LogP contribution in [0.1, 0.15) is 50.0 Å². The number of halogens is 1. The van der Waals surface area contributed by atoms with E-state index < -0.39 is 0 Å². The summed E-state index contributed by atoms with van der Waals surface area (Å²) < 4.78 is 23.9. The van der Waals surface area contributed by atoms with Crippen molar-refractivity contribution in [2.45, 2.75) is 39.3 Å². The molecule has 0 amide bonds. The molecule has 5 nitrogen and oxygen atoms in total. The van der Waals surface area contributed by atoms with Gasteiger partial charge in [0.25, 0.3) is 5.89 Å². The van der Waals surface area contributed by atoms with Crippen LogP contribution in [0.3, 0.4) is 0 Å². The molecule has 6 heteroatoms. The molecular weight excluding hydrogens is 261 g/mol. The van der Waals surface area contributed by atoms with Crippen LogP contribution in [-0.4, -0.2) is 10.1 Å². The van der Waals surface area contributed by atoms with E-state index in [0.29, 0.717) is 17.5 Å². The molecule has 0 spiro atoms. The molecule has 1 aromatic heterocycles. The van der Waals surface area contributed by atoms with Gasteiger partial charge in [0.1, 0.15) is 11.6 Å². The Balaban J connectivity index is 2.11. The Bertz CT molecular complexity index is 582. The highest BCUT2D eigenvalue weighted by Gasteiger charge is 2.13. The molecule has 108 valence electrons. The monoisotopic (exact) mass is 279 g/mol. The van der Waals surface area contributed by atoms with E-state index in [1.165, 1.54) is 12.1 Å². The molecule has 1 heterocycles. The number of ether oxygens (including phenoxy) is 1. The molecule has 2 aromatic rings. The fraction of sp³-hybridized carbons (Fsp3) is 0.429. The molecule has 1 aromatic carbocycles. The molecule has 0 fully saturated rings. The second kappa shape index (κ2) is 6.00. The van der Waals surface area contributed by atoms with Crippen molar-refractivity contribution in [2.75, 3.05) is 0 Å². The molecule has 1 atom stereocenters. The van der Waals surface area contributed by atoms with Gasteiger partial charge >= 0.3 is 0 Å². The zero-order valence-electron chi connectivity index (χ0n) is 11.8. The fourth-order valence-corrected chi connectivity index (χ4v) is 1.71. The zero-order chi connectivity index (χ0) is 14.7. The number of hydrogen-bond acceptors (Lipinski definition) is 5. The molecule has 0 aliphatic carbocycles. The van der Waals surface area contributed by atoms with Gasteiger partial charge in [0, 0.05) is 23.6 Å². The van der Waals surface area contributed by atoms with Crippen molar-refractivity contribution in [1.29, 1.82) is 0 Å². The quantitative estimate of drug-likeness (QED) is 0.910. The van der Waals surface area contributed by atoms with Gasteiger partial charge in [-0.2, -0.15) is 4.98 Å². The van der Waals surface area contributed by atoms with E-state index in [9.17, 15) is 4.39 Å². The van der Waals surface area contributed by atoms with E-state index in [4.69, 9.17) is 15.0 Å². The summed E-state index contributed by atoms with van der Waals surface area (Å²) in [5.74, 6) is 1.17. The van der Waals surface area contributed by atoms with Gasteiger partial charge < -0.3 is 15.0 Å². The normalized spacial score (nSPS) is 12.7. The van der Waals surface area contributed by atoms with Crippen LogP contribution in [-0.2, 0) is 6.61 Å². The Morgan fingerprint density at radius 2 is 2.10 bits per heavy atom. The van der Waals surface area contributed by atoms with Crippen LogP contribution in [0.4, 0.5) is 4.39 Å². The molecule has 0 bridgehead atoms. The third-order valence-corrected chi connectivity index (χ3v) is 2.82. The van der Waals surface area contributed by atoms with Crippen molar-refractivity contribution in [3.63, 3.8) is 0 Å². The summed E-state index contributed by atoms with van der Waals surface area (Å²) in [6.45, 7) is 5.83. The van der Waals surface area contributed by atoms with Gasteiger partial charge in [-0.05, 0) is 13.0 Å². The Labute approximate surface area is 116 Å². The van der Waals surface area contributed by atoms with E-state index in [-0.39, 0.29) is 24.4 Å². The Morgan fingerprint density at radius 1 is 1.35 bits per heavy atom. The Kier molecular flexibility index (Phi) is 4.34. The van der Waals surface area contributed by atoms with E-state index in [1.54, 1.807) is 6.07 Å². The summed E-state index contributed by atoms with van der Waals surface area (Å²) in [5.41, 5.74) is 6.56. The molecule has 0 saturated carbocycles. The van der Waals surface area contributed by atoms with Gasteiger partial charge in [-0.3, -0.25) is 0 Å². The van der Waals surface area contributed by atoms with Crippen molar-refractivity contribution >= 4 is 0 Å². The highest BCUT2D eigenvalue weighted by atomic mass is 19.1. The molecule has 0 unspecified atom stereocenters. The van der Waals surface area contributed by atoms with E-state index >= 15 is 0 Å². The minimum Gasteiger partial charge on any atom is -0.483 e. The Hall–Kier alpha value is -1.95. The van der Waals surface area contributed by atoms with Crippen LogP contribution < -0.4 is 10.5 Å². The molecule has 2 rings (SSSR count). The summed E-state index contributed by atoms with van der Waals surface area (Å²) >= 11 is 0. The van der Waals surface area contributed by atoms with Crippen molar-refractivity contribution < 1.29 is 13.7 Å². The fourth-order valence-electron chi connectivity index (χ4n) is 1.71. The van der Waals surface area contributed by atoms with Crippen LogP contribution >= 0.6 is 0 Å². The van der Waals surface area contributed by atoms with Crippen LogP contribution in [0.15, 0.2) is 22.7 Å². The predicted octanol–water partition coefficient (Wildman–Crippen LogP) is 2.93. The standard InChI is InChI=1S/C14H18FN3O2/c1-8(2)14-17-13(20-18-14)7-19-12-6-10(15)4-5-11(12)9(3)16/h4-6,8-9H,7,16H2,1-3H3/t9-/m1/s1. The lowest BCUT2D eigenvalue weighted by atomic mass is 10.1. The molecule has 20 heavy (non-hydrogen) atoms. The minimum absolute atomic E-state index is 0.0862. The van der Waals surface area contributed by atoms with Crippen LogP contribution in [0.25, 0.3) is 0 Å². The lowest BCUT2D eigenvalue weighted by Crippen LogP contribution is -2.08. The number of nitrogens with zero attached hydrogens (tertiary/aromatic N) is 2. The number of aromatic nitrogens is 2. The van der Waals surface area contributed by atoms with E-state index in [1.807, 2.05) is 20.8 Å². The molecule has 0 aliphatic rings. The van der Waals surface area contributed by atoms with E-state index in [2.05, 4.69) is 10.1 Å². The van der Waals surface area contributed by atoms with Gasteiger partial charge in [-0.15, -0.1) is 0 Å². The summed E-state index contributed by atoms with van der Waals surface area (Å²) in [6, 6.07) is 4.02. The second-order valence-corrected chi connectivity index (χ2v) is 4.96. The smallest absolute Gasteiger partial charge is 0.264 e. The summed E-state index contributed by atoms with van der Waals surface area (Å²) in [5, 5.41) is 3.84. The molecule has 0 aliphatic heterocycles. The summed E-state index contributed by atoms with van der Waals surface area (Å²) in [7, 11) is 0. The van der Waals surface area contributed by atoms with Gasteiger partial charge in [0.15, 0.2) is 12.4 Å². The van der Waals surface area contributed by atoms with Crippen LogP contribution in [0.2, 0.25) is 0 Å². The number of nitrogens with two attached hydrogens (primary N) is 1. The first-order valence-electron chi connectivity index (χ1n) is 6.47. The second-order valence-electron chi connectivity index (χ2n) is 4.96. The van der Waals surface area contributed by atoms with Gasteiger partial charge in [0.05, 0.1) is 0 Å². The predicted molar refractivity (Wildman–Crippen MR) is 71.7 cm³/mol. The molecular formula is C14H18FN3O2. The zero-order valence-corrected chi connectivity index (χ0v) is 11.8. The maximum atomic E-state index is 13.3. The van der Waals surface area contributed by atoms with Gasteiger partial charge in [0.2, 0.25) is 0 Å². The highest BCUT2D eigenvalue weighted by molar-refractivity contribution is 5.36. The van der Waals surface area contributed by atoms with Crippen molar-refractivity contribution in [1.82, 2.24) is 10.1 Å². The van der Waals surface area contributed by atoms with Crippen molar-refractivity contribution in [2.24, 2.45) is 5.73 Å². The minimum atomic E-state index is -0.377. The van der Waals surface area contributed by atoms with Gasteiger partial charge in [-0.1, -0.05) is 25.1 Å². The summed E-state index contributed by atoms with van der Waals surface area (Å²) in [4.78, 5) is 4.19. The lowest BCUT2D eigenvalue weighted by Gasteiger charge is -2.12. The van der Waals surface area contributed by atoms with Crippen LogP contribution in [0, 0.1) is 5.82 Å². The first-order chi connectivity index (χ1) is 9.47. The SMILES string of the molecule is CC(C)c1noc(COc2cc(F)ccc2[C@@H](C)N)n1. The first-order valence-corrected chi connectivity index (χ1v) is 6.47. The maximum Gasteiger partial charge on any atom is 0.264 e.